The summed E-state index contributed by atoms with van der Waals surface area (Å²) in [5.41, 5.74) is 0.742. The number of hydrogen-bond acceptors (Lipinski definition) is 2. The van der Waals surface area contributed by atoms with Crippen LogP contribution in [0.1, 0.15) is 10.4 Å². The van der Waals surface area contributed by atoms with Crippen molar-refractivity contribution in [3.05, 3.63) is 21.9 Å². The van der Waals surface area contributed by atoms with E-state index in [0.717, 1.165) is 16.9 Å². The second-order valence-electron chi connectivity index (χ2n) is 2.58. The summed E-state index contributed by atoms with van der Waals surface area (Å²) in [5, 5.41) is 4.39. The van der Waals surface area contributed by atoms with Crippen LogP contribution in [0.2, 0.25) is 0 Å². The first-order chi connectivity index (χ1) is 5.20. The first kappa shape index (κ1) is 7.18. The van der Waals surface area contributed by atoms with E-state index >= 15 is 0 Å². The number of halogens is 2. The summed E-state index contributed by atoms with van der Waals surface area (Å²) in [6.07, 6.45) is 0. The van der Waals surface area contributed by atoms with Crippen LogP contribution in [0.5, 0.6) is 0 Å². The van der Waals surface area contributed by atoms with Crippen LogP contribution >= 0.6 is 11.3 Å². The average Bonchev–Trinajstić information content (AvgIpc) is 2.34. The molecule has 2 rings (SSSR count). The monoisotopic (exact) mass is 175 g/mol. The third-order valence-corrected chi connectivity index (χ3v) is 2.81. The number of thiophene rings is 1. The Hall–Kier alpha value is -0.480. The molecule has 2 heterocycles. The molecule has 1 N–H and O–H groups in total. The molecule has 0 saturated heterocycles. The molecule has 60 valence electrons. The molecular formula is C7H7F2NS. The highest BCUT2D eigenvalue weighted by molar-refractivity contribution is 7.10. The quantitative estimate of drug-likeness (QED) is 0.635. The second kappa shape index (κ2) is 2.25. The lowest BCUT2D eigenvalue weighted by Crippen LogP contribution is -2.35. The predicted octanol–water partition coefficient (Wildman–Crippen LogP) is 1.94. The maximum atomic E-state index is 13.0. The zero-order valence-electron chi connectivity index (χ0n) is 5.73. The van der Waals surface area contributed by atoms with E-state index in [1.165, 1.54) is 0 Å². The molecule has 0 aromatic carbocycles. The molecule has 4 heteroatoms. The van der Waals surface area contributed by atoms with Gasteiger partial charge in [-0.05, 0) is 17.0 Å². The SMILES string of the molecule is FC1(F)CNCc2ccsc21. The van der Waals surface area contributed by atoms with Gasteiger partial charge in [-0.3, -0.25) is 0 Å². The summed E-state index contributed by atoms with van der Waals surface area (Å²) in [5.74, 6) is -2.65. The van der Waals surface area contributed by atoms with E-state index in [1.807, 2.05) is 0 Å². The van der Waals surface area contributed by atoms with E-state index in [2.05, 4.69) is 5.32 Å². The summed E-state index contributed by atoms with van der Waals surface area (Å²) < 4.78 is 26.0. The van der Waals surface area contributed by atoms with E-state index in [-0.39, 0.29) is 11.4 Å². The second-order valence-corrected chi connectivity index (χ2v) is 3.50. The molecule has 0 radical (unpaired) electrons. The fourth-order valence-corrected chi connectivity index (χ4v) is 2.13. The van der Waals surface area contributed by atoms with Crippen LogP contribution in [-0.4, -0.2) is 6.54 Å². The van der Waals surface area contributed by atoms with E-state index < -0.39 is 5.92 Å². The minimum Gasteiger partial charge on any atom is -0.307 e. The lowest BCUT2D eigenvalue weighted by molar-refractivity contribution is -0.00658. The van der Waals surface area contributed by atoms with Crippen LogP contribution in [-0.2, 0) is 12.5 Å². The number of hydrogen-bond donors (Lipinski definition) is 1. The van der Waals surface area contributed by atoms with Crippen molar-refractivity contribution in [3.63, 3.8) is 0 Å². The smallest absolute Gasteiger partial charge is 0.294 e. The zero-order valence-corrected chi connectivity index (χ0v) is 6.55. The van der Waals surface area contributed by atoms with Crippen molar-refractivity contribution < 1.29 is 8.78 Å². The normalized spacial score (nSPS) is 21.3. The van der Waals surface area contributed by atoms with E-state index in [1.54, 1.807) is 11.4 Å². The van der Waals surface area contributed by atoms with Gasteiger partial charge in [0.25, 0.3) is 5.92 Å². The van der Waals surface area contributed by atoms with Crippen molar-refractivity contribution in [1.29, 1.82) is 0 Å². The Morgan fingerprint density at radius 1 is 1.55 bits per heavy atom. The van der Waals surface area contributed by atoms with Gasteiger partial charge in [-0.15, -0.1) is 11.3 Å². The first-order valence-corrected chi connectivity index (χ1v) is 4.23. The van der Waals surface area contributed by atoms with Gasteiger partial charge in [-0.25, -0.2) is 0 Å². The van der Waals surface area contributed by atoms with Gasteiger partial charge in [0.15, 0.2) is 0 Å². The van der Waals surface area contributed by atoms with Gasteiger partial charge in [0.1, 0.15) is 0 Å². The Morgan fingerprint density at radius 3 is 3.09 bits per heavy atom. The van der Waals surface area contributed by atoms with Crippen LogP contribution in [0.3, 0.4) is 0 Å². The molecule has 0 aliphatic carbocycles. The van der Waals surface area contributed by atoms with Gasteiger partial charge >= 0.3 is 0 Å². The summed E-state index contributed by atoms with van der Waals surface area (Å²) >= 11 is 1.14. The molecule has 1 aliphatic heterocycles. The summed E-state index contributed by atoms with van der Waals surface area (Å²) in [6.45, 7) is 0.356. The molecule has 0 bridgehead atoms. The van der Waals surface area contributed by atoms with Crippen LogP contribution in [0.4, 0.5) is 8.78 Å². The standard InChI is InChI=1S/C7H7F2NS/c8-7(9)4-10-3-5-1-2-11-6(5)7/h1-2,10H,3-4H2. The Labute approximate surface area is 67.0 Å². The average molecular weight is 175 g/mol. The fourth-order valence-electron chi connectivity index (χ4n) is 1.23. The van der Waals surface area contributed by atoms with Crippen LogP contribution in [0, 0.1) is 0 Å². The van der Waals surface area contributed by atoms with E-state index in [9.17, 15) is 8.78 Å². The topological polar surface area (TPSA) is 12.0 Å². The number of alkyl halides is 2. The highest BCUT2D eigenvalue weighted by Gasteiger charge is 2.37. The fraction of sp³-hybridized carbons (Fsp3) is 0.429. The Balaban J connectivity index is 2.48. The van der Waals surface area contributed by atoms with Gasteiger partial charge in [-0.2, -0.15) is 8.78 Å². The molecule has 0 amide bonds. The van der Waals surface area contributed by atoms with Crippen molar-refractivity contribution in [2.24, 2.45) is 0 Å². The minimum absolute atomic E-state index is 0.222. The predicted molar refractivity (Wildman–Crippen MR) is 39.9 cm³/mol. The summed E-state index contributed by atoms with van der Waals surface area (Å²) in [7, 11) is 0. The highest BCUT2D eigenvalue weighted by Crippen LogP contribution is 2.36. The lowest BCUT2D eigenvalue weighted by Gasteiger charge is -2.22. The van der Waals surface area contributed by atoms with Gasteiger partial charge in [0, 0.05) is 6.54 Å². The molecular weight excluding hydrogens is 168 g/mol. The molecule has 1 aliphatic rings. The largest absolute Gasteiger partial charge is 0.307 e. The minimum atomic E-state index is -2.65. The third kappa shape index (κ3) is 1.06. The van der Waals surface area contributed by atoms with Gasteiger partial charge in [-0.1, -0.05) is 0 Å². The van der Waals surface area contributed by atoms with Crippen LogP contribution in [0.15, 0.2) is 11.4 Å². The Kier molecular flexibility index (Phi) is 1.47. The van der Waals surface area contributed by atoms with E-state index in [4.69, 9.17) is 0 Å². The summed E-state index contributed by atoms with van der Waals surface area (Å²) in [6, 6.07) is 1.75. The van der Waals surface area contributed by atoms with Crippen molar-refractivity contribution >= 4 is 11.3 Å². The Morgan fingerprint density at radius 2 is 2.36 bits per heavy atom. The Bertz CT molecular complexity index is 269. The van der Waals surface area contributed by atoms with Gasteiger partial charge in [0.2, 0.25) is 0 Å². The van der Waals surface area contributed by atoms with Crippen molar-refractivity contribution in [3.8, 4) is 0 Å². The van der Waals surface area contributed by atoms with Gasteiger partial charge in [0.05, 0.1) is 11.4 Å². The molecule has 1 aromatic rings. The maximum Gasteiger partial charge on any atom is 0.294 e. The molecule has 0 atom stereocenters. The first-order valence-electron chi connectivity index (χ1n) is 3.35. The molecule has 0 unspecified atom stereocenters. The molecule has 11 heavy (non-hydrogen) atoms. The van der Waals surface area contributed by atoms with Gasteiger partial charge < -0.3 is 5.32 Å². The molecule has 1 nitrogen and oxygen atoms in total. The number of rotatable bonds is 0. The van der Waals surface area contributed by atoms with Crippen LogP contribution < -0.4 is 5.32 Å². The highest BCUT2D eigenvalue weighted by atomic mass is 32.1. The van der Waals surface area contributed by atoms with Crippen molar-refractivity contribution in [1.82, 2.24) is 5.32 Å². The zero-order chi connectivity index (χ0) is 7.90. The molecule has 0 saturated carbocycles. The third-order valence-electron chi connectivity index (χ3n) is 1.74. The van der Waals surface area contributed by atoms with Crippen LogP contribution in [0.25, 0.3) is 0 Å². The molecule has 1 aromatic heterocycles. The lowest BCUT2D eigenvalue weighted by atomic mass is 10.1. The summed E-state index contributed by atoms with van der Waals surface area (Å²) in [4.78, 5) is 0.233. The van der Waals surface area contributed by atoms with E-state index in [0.29, 0.717) is 6.54 Å². The number of nitrogens with one attached hydrogen (secondary N) is 1. The maximum absolute atomic E-state index is 13.0. The van der Waals surface area contributed by atoms with Crippen molar-refractivity contribution in [2.75, 3.05) is 6.54 Å². The molecule has 0 spiro atoms. The molecule has 0 fully saturated rings. The number of fused-ring (bicyclic) bond motifs is 1. The van der Waals surface area contributed by atoms with Crippen molar-refractivity contribution in [2.45, 2.75) is 12.5 Å².